The van der Waals surface area contributed by atoms with Crippen LogP contribution in [-0.2, 0) is 0 Å². The fourth-order valence-corrected chi connectivity index (χ4v) is 0.891. The summed E-state index contributed by atoms with van der Waals surface area (Å²) in [6, 6.07) is 0. The van der Waals surface area contributed by atoms with Gasteiger partial charge in [-0.3, -0.25) is 0 Å². The lowest BCUT2D eigenvalue weighted by Gasteiger charge is -2.01. The molecule has 0 saturated carbocycles. The van der Waals surface area contributed by atoms with E-state index >= 15 is 0 Å². The van der Waals surface area contributed by atoms with E-state index in [2.05, 4.69) is 32.2 Å². The lowest BCUT2D eigenvalue weighted by Crippen LogP contribution is -1.81. The van der Waals surface area contributed by atoms with Gasteiger partial charge in [-0.2, -0.15) is 0 Å². The van der Waals surface area contributed by atoms with Crippen molar-refractivity contribution in [3.63, 3.8) is 0 Å². The van der Waals surface area contributed by atoms with Crippen LogP contribution in [0.4, 0.5) is 0 Å². The van der Waals surface area contributed by atoms with E-state index < -0.39 is 0 Å². The zero-order valence-electron chi connectivity index (χ0n) is 12.8. The molecule has 0 radical (unpaired) electrons. The summed E-state index contributed by atoms with van der Waals surface area (Å²) >= 11 is 0. The molecule has 0 unspecified atom stereocenters. The molecule has 0 aromatic carbocycles. The Bertz CT molecular complexity index is 272. The van der Waals surface area contributed by atoms with Crippen molar-refractivity contribution in [2.24, 2.45) is 0 Å². The van der Waals surface area contributed by atoms with Crippen LogP contribution in [0.2, 0.25) is 0 Å². The number of hydrogen-bond acceptors (Lipinski definition) is 0. The predicted octanol–water partition coefficient (Wildman–Crippen LogP) is 6.25. The van der Waals surface area contributed by atoms with Gasteiger partial charge in [0.1, 0.15) is 0 Å². The van der Waals surface area contributed by atoms with Crippen molar-refractivity contribution < 1.29 is 0 Å². The first-order valence-electron chi connectivity index (χ1n) is 6.42. The Morgan fingerprint density at radius 3 is 1.71 bits per heavy atom. The van der Waals surface area contributed by atoms with E-state index in [0.29, 0.717) is 0 Å². The van der Waals surface area contributed by atoms with E-state index in [-0.39, 0.29) is 0 Å². The van der Waals surface area contributed by atoms with Gasteiger partial charge in [0.2, 0.25) is 0 Å². The third-order valence-electron chi connectivity index (χ3n) is 1.89. The maximum Gasteiger partial charge on any atom is -0.0228 e. The molecule has 0 aliphatic heterocycles. The highest BCUT2D eigenvalue weighted by molar-refractivity contribution is 5.43. The molecule has 0 rings (SSSR count). The Hall–Kier alpha value is -1.30. The standard InChI is InChI=1S/C13H18.2C2H6/c1-6-9-13(12(5)8-3)10-11(4)7-2;2*1-2/h6-10H,1-2H2,3-5H3;2*1-2H3/b11-10-,12-8-,13-9-;;. The van der Waals surface area contributed by atoms with Gasteiger partial charge in [-0.25, -0.2) is 0 Å². The molecule has 0 heterocycles. The number of rotatable bonds is 4. The Balaban J connectivity index is -0.000000439. The fourth-order valence-electron chi connectivity index (χ4n) is 0.891. The van der Waals surface area contributed by atoms with E-state index in [0.717, 1.165) is 5.57 Å². The molecule has 0 amide bonds. The smallest absolute Gasteiger partial charge is 0.0228 e. The topological polar surface area (TPSA) is 0 Å². The molecule has 0 saturated heterocycles. The van der Waals surface area contributed by atoms with Crippen molar-refractivity contribution in [1.29, 1.82) is 0 Å². The second-order valence-electron chi connectivity index (χ2n) is 2.92. The molecule has 0 spiro atoms. The summed E-state index contributed by atoms with van der Waals surface area (Å²) in [4.78, 5) is 0. The van der Waals surface area contributed by atoms with Crippen LogP contribution < -0.4 is 0 Å². The quantitative estimate of drug-likeness (QED) is 0.504. The molecule has 0 aliphatic carbocycles. The van der Waals surface area contributed by atoms with Gasteiger partial charge in [0.05, 0.1) is 0 Å². The second-order valence-corrected chi connectivity index (χ2v) is 2.92. The van der Waals surface area contributed by atoms with E-state index in [9.17, 15) is 0 Å². The highest BCUT2D eigenvalue weighted by Gasteiger charge is 1.93. The van der Waals surface area contributed by atoms with Crippen molar-refractivity contribution in [1.82, 2.24) is 0 Å². The third kappa shape index (κ3) is 12.6. The molecule has 0 aromatic rings. The molecule has 98 valence electrons. The highest BCUT2D eigenvalue weighted by atomic mass is 14.0. The normalized spacial score (nSPS) is 11.6. The number of allylic oxidation sites excluding steroid dienone is 8. The van der Waals surface area contributed by atoms with Gasteiger partial charge in [-0.1, -0.05) is 76.8 Å². The summed E-state index contributed by atoms with van der Waals surface area (Å²) in [6.45, 7) is 21.6. The first-order valence-corrected chi connectivity index (χ1v) is 6.42. The summed E-state index contributed by atoms with van der Waals surface area (Å²) in [5, 5.41) is 0. The van der Waals surface area contributed by atoms with Gasteiger partial charge in [0.15, 0.2) is 0 Å². The molecule has 0 aromatic heterocycles. The minimum absolute atomic E-state index is 1.16. The van der Waals surface area contributed by atoms with Crippen LogP contribution in [0.3, 0.4) is 0 Å². The monoisotopic (exact) mass is 234 g/mol. The molecule has 0 atom stereocenters. The summed E-state index contributed by atoms with van der Waals surface area (Å²) in [5.74, 6) is 0. The van der Waals surface area contributed by atoms with Crippen LogP contribution in [-0.4, -0.2) is 0 Å². The molecule has 0 heteroatoms. The molecular formula is C17H30. The minimum Gasteiger partial charge on any atom is -0.0990 e. The number of hydrogen-bond donors (Lipinski definition) is 0. The lowest BCUT2D eigenvalue weighted by atomic mass is 10.0. The minimum atomic E-state index is 1.16. The Kier molecular flexibility index (Phi) is 21.2. The van der Waals surface area contributed by atoms with Crippen molar-refractivity contribution in [2.75, 3.05) is 0 Å². The molecule has 0 N–H and O–H groups in total. The Morgan fingerprint density at radius 2 is 1.41 bits per heavy atom. The Labute approximate surface area is 109 Å². The van der Waals surface area contributed by atoms with E-state index in [4.69, 9.17) is 0 Å². The van der Waals surface area contributed by atoms with Gasteiger partial charge >= 0.3 is 0 Å². The molecule has 0 bridgehead atoms. The largest absolute Gasteiger partial charge is 0.0990 e. The molecule has 0 fully saturated rings. The lowest BCUT2D eigenvalue weighted by molar-refractivity contribution is 1.37. The maximum atomic E-state index is 3.72. The van der Waals surface area contributed by atoms with Crippen molar-refractivity contribution in [2.45, 2.75) is 48.5 Å². The van der Waals surface area contributed by atoms with E-state index in [1.54, 1.807) is 6.08 Å². The highest BCUT2D eigenvalue weighted by Crippen LogP contribution is 2.13. The molecule has 0 nitrogen and oxygen atoms in total. The van der Waals surface area contributed by atoms with Crippen LogP contribution in [0.25, 0.3) is 0 Å². The first kappa shape index (κ1) is 21.0. The van der Waals surface area contributed by atoms with Gasteiger partial charge < -0.3 is 0 Å². The molecular weight excluding hydrogens is 204 g/mol. The SMILES string of the molecule is C=C/C=C(/C=C(/C)C=C)C(\C)=C/C.CC.CC. The van der Waals surface area contributed by atoms with E-state index in [1.807, 2.05) is 53.7 Å². The van der Waals surface area contributed by atoms with Crippen molar-refractivity contribution in [3.8, 4) is 0 Å². The van der Waals surface area contributed by atoms with Crippen LogP contribution in [0.5, 0.6) is 0 Å². The first-order chi connectivity index (χ1) is 8.15. The summed E-state index contributed by atoms with van der Waals surface area (Å²) in [7, 11) is 0. The zero-order valence-corrected chi connectivity index (χ0v) is 12.8. The zero-order chi connectivity index (χ0) is 14.3. The van der Waals surface area contributed by atoms with E-state index in [1.165, 1.54) is 11.1 Å². The van der Waals surface area contributed by atoms with Crippen molar-refractivity contribution >= 4 is 0 Å². The van der Waals surface area contributed by atoms with Crippen LogP contribution in [0.1, 0.15) is 48.5 Å². The van der Waals surface area contributed by atoms with Crippen LogP contribution >= 0.6 is 0 Å². The van der Waals surface area contributed by atoms with Crippen LogP contribution in [0, 0.1) is 0 Å². The second kappa shape index (κ2) is 17.1. The summed E-state index contributed by atoms with van der Waals surface area (Å²) < 4.78 is 0. The average molecular weight is 234 g/mol. The Morgan fingerprint density at radius 1 is 0.941 bits per heavy atom. The predicted molar refractivity (Wildman–Crippen MR) is 84.4 cm³/mol. The van der Waals surface area contributed by atoms with Gasteiger partial charge in [-0.05, 0) is 31.9 Å². The summed E-state index contributed by atoms with van der Waals surface area (Å²) in [6.07, 6.45) is 9.84. The average Bonchev–Trinajstić information content (AvgIpc) is 2.41. The summed E-state index contributed by atoms with van der Waals surface area (Å²) in [5.41, 5.74) is 3.60. The molecule has 0 aliphatic rings. The van der Waals surface area contributed by atoms with Crippen molar-refractivity contribution in [3.05, 3.63) is 60.3 Å². The maximum absolute atomic E-state index is 3.72. The van der Waals surface area contributed by atoms with Gasteiger partial charge in [-0.15, -0.1) is 0 Å². The molecule has 17 heavy (non-hydrogen) atoms. The van der Waals surface area contributed by atoms with Gasteiger partial charge in [0.25, 0.3) is 0 Å². The third-order valence-corrected chi connectivity index (χ3v) is 1.89. The fraction of sp³-hybridized carbons (Fsp3) is 0.412. The van der Waals surface area contributed by atoms with Gasteiger partial charge in [0, 0.05) is 0 Å². The van der Waals surface area contributed by atoms with Crippen LogP contribution in [0.15, 0.2) is 60.3 Å².